The van der Waals surface area contributed by atoms with Crippen LogP contribution in [0.3, 0.4) is 0 Å². The Morgan fingerprint density at radius 2 is 2.20 bits per heavy atom. The number of alkyl halides is 3. The summed E-state index contributed by atoms with van der Waals surface area (Å²) in [5.74, 6) is 0. The second-order valence-corrected chi connectivity index (χ2v) is 11.6. The zero-order valence-electron chi connectivity index (χ0n) is 6.79. The van der Waals surface area contributed by atoms with Crippen molar-refractivity contribution < 1.29 is 23.0 Å². The Labute approximate surface area is 81.7 Å². The quantitative estimate of drug-likeness (QED) is 0.254. The van der Waals surface area contributed by atoms with Gasteiger partial charge in [0, 0.05) is 0 Å². The number of halogens is 2. The van der Waals surface area contributed by atoms with E-state index in [0.717, 1.165) is 0 Å². The maximum absolute atomic E-state index is 11.1. The van der Waals surface area contributed by atoms with Crippen LogP contribution in [0.1, 0.15) is 19.8 Å². The first-order chi connectivity index (χ1) is 4.72. The minimum atomic E-state index is -1.06. The van der Waals surface area contributed by atoms with Crippen molar-refractivity contribution in [1.82, 2.24) is 0 Å². The van der Waals surface area contributed by atoms with Gasteiger partial charge in [-0.3, -0.25) is 0 Å². The molecule has 0 aromatic carbocycles. The Morgan fingerprint density at radius 3 is 2.60 bits per heavy atom. The summed E-state index contributed by atoms with van der Waals surface area (Å²) in [5, 5.41) is 11.1. The predicted octanol–water partition coefficient (Wildman–Crippen LogP) is -2.15. The Kier molecular flexibility index (Phi) is 8.03. The number of hydrogen-bond donors (Lipinski definition) is 1. The van der Waals surface area contributed by atoms with Crippen LogP contribution in [-0.4, -0.2) is 14.3 Å². The molecule has 2 nitrogen and oxygen atoms in total. The van der Waals surface area contributed by atoms with E-state index in [4.69, 9.17) is 0 Å². The van der Waals surface area contributed by atoms with E-state index in [2.05, 4.69) is 16.8 Å². The molecule has 0 fully saturated rings. The molecule has 0 aliphatic rings. The third kappa shape index (κ3) is 5.09. The first kappa shape index (κ1) is 11.4. The normalized spacial score (nSPS) is 15.4. The molecule has 0 aromatic rings. The van der Waals surface area contributed by atoms with E-state index >= 15 is 0 Å². The van der Waals surface area contributed by atoms with Crippen molar-refractivity contribution in [2.75, 3.05) is 14.3 Å². The molecule has 0 amide bonds. The Balaban J connectivity index is 3.31. The molecule has 66 valence electrons. The van der Waals surface area contributed by atoms with Crippen molar-refractivity contribution in [2.24, 2.45) is 0 Å². The molecule has 1 unspecified atom stereocenters. The third-order valence-corrected chi connectivity index (χ3v) is 13.3. The molecule has 0 aliphatic heterocycles. The van der Waals surface area contributed by atoms with Gasteiger partial charge in [-0.2, -0.15) is 0 Å². The van der Waals surface area contributed by atoms with Gasteiger partial charge in [0.15, 0.2) is 0 Å². The molecule has 0 bridgehead atoms. The molecule has 0 aromatic heterocycles. The molecule has 0 radical (unpaired) electrons. The first-order valence-corrected chi connectivity index (χ1v) is 11.3. The SMILES string of the molecule is CCCCI(C)[NH+]([O-])[I-]C. The van der Waals surface area contributed by atoms with Gasteiger partial charge >= 0.3 is 82.3 Å². The Morgan fingerprint density at radius 1 is 1.60 bits per heavy atom. The van der Waals surface area contributed by atoms with E-state index in [1.54, 1.807) is 0 Å². The van der Waals surface area contributed by atoms with E-state index in [9.17, 15) is 5.21 Å². The number of nitrogens with one attached hydrogen (secondary N) is 1. The van der Waals surface area contributed by atoms with Gasteiger partial charge in [0.1, 0.15) is 0 Å². The summed E-state index contributed by atoms with van der Waals surface area (Å²) in [5.41, 5.74) is 0. The predicted molar refractivity (Wildman–Crippen MR) is 50.0 cm³/mol. The Hall–Kier alpha value is 1.38. The van der Waals surface area contributed by atoms with Gasteiger partial charge in [-0.05, 0) is 0 Å². The standard InChI is InChI=1S/C6H16I2NO/c1-4-5-6-8(3)9(10)7-2/h9H,4-6H2,1-3H3/q-1. The molecule has 0 rings (SSSR count). The second-order valence-electron chi connectivity index (χ2n) is 2.05. The number of hydrogen-bond acceptors (Lipinski definition) is 1. The van der Waals surface area contributed by atoms with Crippen molar-refractivity contribution in [1.29, 1.82) is 0 Å². The molecule has 0 saturated heterocycles. The summed E-state index contributed by atoms with van der Waals surface area (Å²) in [7, 11) is 0. The van der Waals surface area contributed by atoms with Crippen LogP contribution in [0.2, 0.25) is 0 Å². The summed E-state index contributed by atoms with van der Waals surface area (Å²) in [6.45, 7) is 2.19. The molecule has 0 spiro atoms. The Bertz CT molecular complexity index is 82.1. The van der Waals surface area contributed by atoms with Crippen LogP contribution in [0.25, 0.3) is 0 Å². The fraction of sp³-hybridized carbons (Fsp3) is 1.00. The van der Waals surface area contributed by atoms with Gasteiger partial charge in [-0.25, -0.2) is 0 Å². The van der Waals surface area contributed by atoms with Gasteiger partial charge in [0.25, 0.3) is 0 Å². The number of unbranched alkanes of at least 4 members (excludes halogenated alkanes) is 1. The number of quaternary nitrogens is 1. The molecule has 4 heteroatoms. The summed E-state index contributed by atoms with van der Waals surface area (Å²) in [4.78, 5) is 4.30. The molecule has 0 aliphatic carbocycles. The van der Waals surface area contributed by atoms with Gasteiger partial charge in [0.05, 0.1) is 0 Å². The summed E-state index contributed by atoms with van der Waals surface area (Å²) in [6, 6.07) is 0. The maximum atomic E-state index is 11.1. The van der Waals surface area contributed by atoms with E-state index in [0.29, 0.717) is 1.49 Å². The summed E-state index contributed by atoms with van der Waals surface area (Å²) >= 11 is -1.15. The zero-order chi connectivity index (χ0) is 7.98. The van der Waals surface area contributed by atoms with Crippen LogP contribution < -0.4 is 23.0 Å². The van der Waals surface area contributed by atoms with E-state index in [1.165, 1.54) is 17.3 Å². The van der Waals surface area contributed by atoms with Gasteiger partial charge in [-0.1, -0.05) is 0 Å². The minimum absolute atomic E-state index is 0.0827. The van der Waals surface area contributed by atoms with E-state index in [1.807, 2.05) is 0 Å². The molecule has 0 saturated carbocycles. The molecular weight excluding hydrogens is 356 g/mol. The topological polar surface area (TPSA) is 27.5 Å². The fourth-order valence-corrected chi connectivity index (χ4v) is 9.59. The first-order valence-electron chi connectivity index (χ1n) is 3.31. The van der Waals surface area contributed by atoms with Crippen LogP contribution in [0.5, 0.6) is 0 Å². The van der Waals surface area contributed by atoms with Crippen molar-refractivity contribution >= 4 is 20.1 Å². The molecule has 1 N–H and O–H groups in total. The monoisotopic (exact) mass is 372 g/mol. The van der Waals surface area contributed by atoms with Crippen molar-refractivity contribution in [3.05, 3.63) is 5.21 Å². The van der Waals surface area contributed by atoms with E-state index < -0.39 is 20.1 Å². The molecule has 1 atom stereocenters. The molecular formula is C6H16I2NO-. The zero-order valence-corrected chi connectivity index (χ0v) is 11.1. The van der Waals surface area contributed by atoms with Crippen molar-refractivity contribution in [3.63, 3.8) is 0 Å². The average molecular weight is 372 g/mol. The fourth-order valence-electron chi connectivity index (χ4n) is 0.530. The van der Waals surface area contributed by atoms with E-state index in [-0.39, 0.29) is 21.5 Å². The van der Waals surface area contributed by atoms with Crippen LogP contribution in [0.15, 0.2) is 0 Å². The van der Waals surface area contributed by atoms with Crippen LogP contribution in [-0.2, 0) is 0 Å². The van der Waals surface area contributed by atoms with Crippen molar-refractivity contribution in [2.45, 2.75) is 19.8 Å². The summed E-state index contributed by atoms with van der Waals surface area (Å²) < 4.78 is 1.93. The van der Waals surface area contributed by atoms with Gasteiger partial charge < -0.3 is 0 Å². The molecule has 0 heterocycles. The number of rotatable bonds is 5. The van der Waals surface area contributed by atoms with Gasteiger partial charge in [-0.15, -0.1) is 0 Å². The van der Waals surface area contributed by atoms with Crippen LogP contribution in [0, 0.1) is 5.21 Å². The van der Waals surface area contributed by atoms with Crippen LogP contribution >= 0.6 is 20.1 Å². The average Bonchev–Trinajstić information content (AvgIpc) is 1.98. The third-order valence-electron chi connectivity index (χ3n) is 1.17. The molecule has 10 heavy (non-hydrogen) atoms. The van der Waals surface area contributed by atoms with Crippen LogP contribution in [0.4, 0.5) is 0 Å². The van der Waals surface area contributed by atoms with Crippen molar-refractivity contribution in [3.8, 4) is 0 Å². The second kappa shape index (κ2) is 7.05. The van der Waals surface area contributed by atoms with Gasteiger partial charge in [0.2, 0.25) is 0 Å². The summed E-state index contributed by atoms with van der Waals surface area (Å²) in [6.07, 6.45) is 2.52.